The molecule has 1 fully saturated rings. The molecule has 0 amide bonds. The van der Waals surface area contributed by atoms with Crippen molar-refractivity contribution in [1.82, 2.24) is 4.90 Å². The van der Waals surface area contributed by atoms with Crippen LogP contribution in [0.2, 0.25) is 0 Å². The fraction of sp³-hybridized carbons (Fsp3) is 0.389. The van der Waals surface area contributed by atoms with E-state index in [0.717, 1.165) is 18.7 Å². The first-order chi connectivity index (χ1) is 9.65. The van der Waals surface area contributed by atoms with E-state index >= 15 is 0 Å². The topological polar surface area (TPSA) is 15.6 Å². The molecule has 2 heteroatoms. The first-order valence-corrected chi connectivity index (χ1v) is 7.40. The number of fused-ring (bicyclic) bond motifs is 1. The lowest BCUT2D eigenvalue weighted by Gasteiger charge is -2.34. The SMILES string of the molecule is CC1CN(C)C(C)CC1=Nc1cccc2ccccc12. The molecule has 0 radical (unpaired) electrons. The highest BCUT2D eigenvalue weighted by molar-refractivity contribution is 5.97. The van der Waals surface area contributed by atoms with Crippen LogP contribution in [0.1, 0.15) is 20.3 Å². The number of nitrogens with zero attached hydrogens (tertiary/aromatic N) is 2. The molecule has 20 heavy (non-hydrogen) atoms. The lowest BCUT2D eigenvalue weighted by atomic mass is 9.93. The summed E-state index contributed by atoms with van der Waals surface area (Å²) in [5.41, 5.74) is 2.45. The minimum absolute atomic E-state index is 0.537. The van der Waals surface area contributed by atoms with Crippen molar-refractivity contribution in [3.8, 4) is 0 Å². The third kappa shape index (κ3) is 2.48. The second-order valence-electron chi connectivity index (χ2n) is 6.00. The van der Waals surface area contributed by atoms with Crippen molar-refractivity contribution in [3.63, 3.8) is 0 Å². The Labute approximate surface area is 121 Å². The Morgan fingerprint density at radius 2 is 1.80 bits per heavy atom. The Kier molecular flexibility index (Phi) is 3.58. The molecular formula is C18H22N2. The van der Waals surface area contributed by atoms with E-state index in [-0.39, 0.29) is 0 Å². The minimum atomic E-state index is 0.537. The third-order valence-electron chi connectivity index (χ3n) is 4.42. The van der Waals surface area contributed by atoms with Crippen LogP contribution in [0, 0.1) is 5.92 Å². The van der Waals surface area contributed by atoms with E-state index in [1.165, 1.54) is 16.5 Å². The second-order valence-corrected chi connectivity index (χ2v) is 6.00. The van der Waals surface area contributed by atoms with Crippen molar-refractivity contribution in [3.05, 3.63) is 42.5 Å². The van der Waals surface area contributed by atoms with E-state index < -0.39 is 0 Å². The molecule has 2 aromatic rings. The lowest BCUT2D eigenvalue weighted by Crippen LogP contribution is -2.42. The number of piperidine rings is 1. The Bertz CT molecular complexity index is 639. The van der Waals surface area contributed by atoms with Gasteiger partial charge in [0.2, 0.25) is 0 Å². The van der Waals surface area contributed by atoms with E-state index in [9.17, 15) is 0 Å². The van der Waals surface area contributed by atoms with Crippen molar-refractivity contribution in [1.29, 1.82) is 0 Å². The van der Waals surface area contributed by atoms with Crippen LogP contribution in [0.4, 0.5) is 5.69 Å². The van der Waals surface area contributed by atoms with Gasteiger partial charge in [0.15, 0.2) is 0 Å². The van der Waals surface area contributed by atoms with Gasteiger partial charge in [0, 0.05) is 36.0 Å². The molecule has 104 valence electrons. The summed E-state index contributed by atoms with van der Waals surface area (Å²) in [5, 5.41) is 2.52. The number of rotatable bonds is 1. The van der Waals surface area contributed by atoms with Gasteiger partial charge in [0.25, 0.3) is 0 Å². The molecule has 2 aromatic carbocycles. The van der Waals surface area contributed by atoms with Gasteiger partial charge in [-0.15, -0.1) is 0 Å². The molecule has 0 bridgehead atoms. The normalized spacial score (nSPS) is 26.2. The van der Waals surface area contributed by atoms with Crippen molar-refractivity contribution in [2.75, 3.05) is 13.6 Å². The van der Waals surface area contributed by atoms with Crippen LogP contribution < -0.4 is 0 Å². The van der Waals surface area contributed by atoms with Gasteiger partial charge >= 0.3 is 0 Å². The van der Waals surface area contributed by atoms with Gasteiger partial charge in [-0.2, -0.15) is 0 Å². The number of likely N-dealkylation sites (tertiary alicyclic amines) is 1. The maximum absolute atomic E-state index is 5.00. The smallest absolute Gasteiger partial charge is 0.0707 e. The predicted octanol–water partition coefficient (Wildman–Crippen LogP) is 4.27. The quantitative estimate of drug-likeness (QED) is 0.752. The minimum Gasteiger partial charge on any atom is -0.303 e. The van der Waals surface area contributed by atoms with E-state index in [0.29, 0.717) is 12.0 Å². The van der Waals surface area contributed by atoms with Gasteiger partial charge in [-0.05, 0) is 25.4 Å². The second kappa shape index (κ2) is 5.37. The number of aliphatic imine (C=N–C) groups is 1. The van der Waals surface area contributed by atoms with Crippen molar-refractivity contribution >= 4 is 22.2 Å². The summed E-state index contributed by atoms with van der Waals surface area (Å²) in [6.45, 7) is 5.67. The summed E-state index contributed by atoms with van der Waals surface area (Å²) in [6, 6.07) is 15.5. The van der Waals surface area contributed by atoms with Gasteiger partial charge in [-0.1, -0.05) is 43.3 Å². The molecule has 0 aliphatic carbocycles. The van der Waals surface area contributed by atoms with Crippen LogP contribution in [0.25, 0.3) is 10.8 Å². The zero-order valence-corrected chi connectivity index (χ0v) is 12.5. The molecule has 2 unspecified atom stereocenters. The summed E-state index contributed by atoms with van der Waals surface area (Å²) in [7, 11) is 2.20. The molecule has 0 saturated carbocycles. The average molecular weight is 266 g/mol. The van der Waals surface area contributed by atoms with Crippen LogP contribution in [-0.2, 0) is 0 Å². The fourth-order valence-electron chi connectivity index (χ4n) is 2.99. The van der Waals surface area contributed by atoms with Crippen molar-refractivity contribution in [2.45, 2.75) is 26.3 Å². The maximum Gasteiger partial charge on any atom is 0.0707 e. The van der Waals surface area contributed by atoms with Crippen LogP contribution in [0.3, 0.4) is 0 Å². The standard InChI is InChI=1S/C18H22N2/c1-13-12-20(3)14(2)11-18(13)19-17-10-6-8-15-7-4-5-9-16(15)17/h4-10,13-14H,11-12H2,1-3H3. The van der Waals surface area contributed by atoms with Gasteiger partial charge in [0.1, 0.15) is 0 Å². The van der Waals surface area contributed by atoms with Gasteiger partial charge in [0.05, 0.1) is 5.69 Å². The van der Waals surface area contributed by atoms with Gasteiger partial charge in [-0.25, -0.2) is 0 Å². The fourth-order valence-corrected chi connectivity index (χ4v) is 2.99. The lowest BCUT2D eigenvalue weighted by molar-refractivity contribution is 0.226. The summed E-state index contributed by atoms with van der Waals surface area (Å²) in [6.07, 6.45) is 1.07. The van der Waals surface area contributed by atoms with Crippen molar-refractivity contribution < 1.29 is 0 Å². The predicted molar refractivity (Wildman–Crippen MR) is 86.9 cm³/mol. The molecular weight excluding hydrogens is 244 g/mol. The summed E-state index contributed by atoms with van der Waals surface area (Å²) >= 11 is 0. The van der Waals surface area contributed by atoms with E-state index in [1.54, 1.807) is 0 Å². The number of benzene rings is 2. The Morgan fingerprint density at radius 1 is 1.05 bits per heavy atom. The molecule has 0 aromatic heterocycles. The first-order valence-electron chi connectivity index (χ1n) is 7.40. The first kappa shape index (κ1) is 13.3. The van der Waals surface area contributed by atoms with E-state index in [1.807, 2.05) is 0 Å². The molecule has 0 spiro atoms. The van der Waals surface area contributed by atoms with Gasteiger partial charge < -0.3 is 4.90 Å². The number of hydrogen-bond donors (Lipinski definition) is 0. The molecule has 3 rings (SSSR count). The maximum atomic E-state index is 5.00. The zero-order valence-electron chi connectivity index (χ0n) is 12.5. The Balaban J connectivity index is 2.01. The monoisotopic (exact) mass is 266 g/mol. The van der Waals surface area contributed by atoms with Crippen molar-refractivity contribution in [2.24, 2.45) is 10.9 Å². The van der Waals surface area contributed by atoms with E-state index in [4.69, 9.17) is 4.99 Å². The van der Waals surface area contributed by atoms with Gasteiger partial charge in [-0.3, -0.25) is 4.99 Å². The molecule has 2 nitrogen and oxygen atoms in total. The molecule has 1 aliphatic heterocycles. The highest BCUT2D eigenvalue weighted by Gasteiger charge is 2.25. The molecule has 1 aliphatic rings. The van der Waals surface area contributed by atoms with Crippen LogP contribution in [0.5, 0.6) is 0 Å². The van der Waals surface area contributed by atoms with E-state index in [2.05, 4.69) is 68.3 Å². The molecule has 1 saturated heterocycles. The third-order valence-corrected chi connectivity index (χ3v) is 4.42. The van der Waals surface area contributed by atoms with Crippen LogP contribution in [-0.4, -0.2) is 30.2 Å². The summed E-state index contributed by atoms with van der Waals surface area (Å²) in [4.78, 5) is 7.43. The Morgan fingerprint density at radius 3 is 2.65 bits per heavy atom. The van der Waals surface area contributed by atoms with Crippen LogP contribution in [0.15, 0.2) is 47.5 Å². The summed E-state index contributed by atoms with van der Waals surface area (Å²) in [5.74, 6) is 0.537. The average Bonchev–Trinajstić information content (AvgIpc) is 2.45. The largest absolute Gasteiger partial charge is 0.303 e. The summed E-state index contributed by atoms with van der Waals surface area (Å²) < 4.78 is 0. The molecule has 1 heterocycles. The zero-order chi connectivity index (χ0) is 14.1. The van der Waals surface area contributed by atoms with Crippen LogP contribution >= 0.6 is 0 Å². The molecule has 2 atom stereocenters. The number of hydrogen-bond acceptors (Lipinski definition) is 2. The molecule has 0 N–H and O–H groups in total. The highest BCUT2D eigenvalue weighted by Crippen LogP contribution is 2.28. The Hall–Kier alpha value is -1.67. The highest BCUT2D eigenvalue weighted by atomic mass is 15.1.